The highest BCUT2D eigenvalue weighted by Crippen LogP contribution is 2.41. The zero-order valence-electron chi connectivity index (χ0n) is 8.64. The van der Waals surface area contributed by atoms with Crippen LogP contribution in [0, 0.1) is 0 Å². The molecule has 2 unspecified atom stereocenters. The van der Waals surface area contributed by atoms with Gasteiger partial charge in [0.2, 0.25) is 0 Å². The van der Waals surface area contributed by atoms with Crippen LogP contribution in [0.2, 0.25) is 0 Å². The number of methoxy groups -OCH3 is 1. The van der Waals surface area contributed by atoms with Crippen molar-refractivity contribution < 1.29 is 4.74 Å². The van der Waals surface area contributed by atoms with E-state index in [1.807, 2.05) is 18.2 Å². The van der Waals surface area contributed by atoms with Crippen molar-refractivity contribution >= 4 is 28.8 Å². The fraction of sp³-hybridized carbons (Fsp3) is 0.273. The summed E-state index contributed by atoms with van der Waals surface area (Å²) in [5.41, 5.74) is 2.14. The largest absolute Gasteiger partial charge is 0.497 e. The average molecular weight is 236 g/mol. The molecule has 0 aliphatic carbocycles. The lowest BCUT2D eigenvalue weighted by molar-refractivity contribution is 0.415. The minimum absolute atomic E-state index is 0.0348. The van der Waals surface area contributed by atoms with E-state index in [0.717, 1.165) is 17.0 Å². The summed E-state index contributed by atoms with van der Waals surface area (Å²) in [4.78, 5) is 8.30. The minimum Gasteiger partial charge on any atom is -0.497 e. The molecule has 0 radical (unpaired) electrons. The highest BCUT2D eigenvalue weighted by atomic mass is 35.5. The highest BCUT2D eigenvalue weighted by Gasteiger charge is 2.36. The number of anilines is 1. The van der Waals surface area contributed by atoms with Crippen LogP contribution in [-0.2, 0) is 0 Å². The summed E-state index contributed by atoms with van der Waals surface area (Å²) < 4.78 is 5.18. The smallest absolute Gasteiger partial charge is 0.134 e. The number of hydrogen-bond donors (Lipinski definition) is 1. The zero-order valence-corrected chi connectivity index (χ0v) is 9.40. The summed E-state index contributed by atoms with van der Waals surface area (Å²) in [5.74, 6) is 0.856. The monoisotopic (exact) mass is 235 g/mol. The molecule has 16 heavy (non-hydrogen) atoms. The summed E-state index contributed by atoms with van der Waals surface area (Å²) in [5, 5.41) is 3.88. The van der Waals surface area contributed by atoms with E-state index in [-0.39, 0.29) is 12.1 Å². The standard InChI is InChI=1S/C11H10ClN3O/c1-16-6-2-3-7-8(4-6)15-11-9(7)10(12)13-5-14-11/h2-5,9,11,15H,1H3. The van der Waals surface area contributed by atoms with Crippen molar-refractivity contribution in [3.05, 3.63) is 23.8 Å². The van der Waals surface area contributed by atoms with Gasteiger partial charge in [-0.1, -0.05) is 17.7 Å². The van der Waals surface area contributed by atoms with Gasteiger partial charge >= 0.3 is 0 Å². The first kappa shape index (κ1) is 9.66. The molecule has 2 atom stereocenters. The van der Waals surface area contributed by atoms with Gasteiger partial charge in [-0.05, 0) is 11.6 Å². The third-order valence-electron chi connectivity index (χ3n) is 2.88. The number of nitrogens with one attached hydrogen (secondary N) is 1. The molecular weight excluding hydrogens is 226 g/mol. The number of nitrogens with zero attached hydrogens (tertiary/aromatic N) is 2. The second kappa shape index (κ2) is 3.49. The summed E-state index contributed by atoms with van der Waals surface area (Å²) in [6, 6.07) is 5.88. The maximum absolute atomic E-state index is 6.11. The molecule has 3 rings (SSSR count). The Hall–Kier alpha value is -1.55. The Morgan fingerprint density at radius 3 is 3.12 bits per heavy atom. The molecule has 0 fully saturated rings. The first-order valence-corrected chi connectivity index (χ1v) is 5.36. The van der Waals surface area contributed by atoms with Crippen LogP contribution in [0.5, 0.6) is 5.75 Å². The van der Waals surface area contributed by atoms with Gasteiger partial charge in [0.05, 0.1) is 13.0 Å². The number of rotatable bonds is 1. The van der Waals surface area contributed by atoms with Gasteiger partial charge in [-0.15, -0.1) is 0 Å². The van der Waals surface area contributed by atoms with Crippen LogP contribution in [0.15, 0.2) is 28.2 Å². The van der Waals surface area contributed by atoms with Crippen LogP contribution in [0.4, 0.5) is 5.69 Å². The first-order chi connectivity index (χ1) is 7.79. The summed E-state index contributed by atoms with van der Waals surface area (Å²) in [7, 11) is 1.65. The maximum Gasteiger partial charge on any atom is 0.134 e. The van der Waals surface area contributed by atoms with Crippen molar-refractivity contribution in [2.24, 2.45) is 9.98 Å². The number of halogens is 1. The van der Waals surface area contributed by atoms with E-state index in [1.54, 1.807) is 7.11 Å². The number of aliphatic imine (C=N–C) groups is 2. The van der Waals surface area contributed by atoms with Gasteiger partial charge in [-0.2, -0.15) is 0 Å². The molecule has 2 heterocycles. The molecule has 1 aromatic rings. The quantitative estimate of drug-likeness (QED) is 0.811. The molecule has 0 spiro atoms. The third-order valence-corrected chi connectivity index (χ3v) is 3.21. The minimum atomic E-state index is -0.0351. The lowest BCUT2D eigenvalue weighted by Crippen LogP contribution is -2.25. The van der Waals surface area contributed by atoms with Crippen molar-refractivity contribution in [2.45, 2.75) is 12.1 Å². The number of ether oxygens (including phenoxy) is 1. The molecule has 2 aliphatic heterocycles. The summed E-state index contributed by atoms with van der Waals surface area (Å²) in [6.07, 6.45) is 1.46. The molecule has 4 nitrogen and oxygen atoms in total. The van der Waals surface area contributed by atoms with Gasteiger partial charge in [0, 0.05) is 11.8 Å². The van der Waals surface area contributed by atoms with Crippen LogP contribution < -0.4 is 10.1 Å². The first-order valence-electron chi connectivity index (χ1n) is 4.99. The Bertz CT molecular complexity index is 498. The van der Waals surface area contributed by atoms with Gasteiger partial charge in [0.15, 0.2) is 0 Å². The summed E-state index contributed by atoms with van der Waals surface area (Å²) in [6.45, 7) is 0. The Morgan fingerprint density at radius 2 is 2.31 bits per heavy atom. The van der Waals surface area contributed by atoms with Gasteiger partial charge < -0.3 is 10.1 Å². The topological polar surface area (TPSA) is 46.0 Å². The molecule has 0 bridgehead atoms. The van der Waals surface area contributed by atoms with Gasteiger partial charge in [0.1, 0.15) is 23.4 Å². The van der Waals surface area contributed by atoms with Crippen LogP contribution in [0.3, 0.4) is 0 Å². The van der Waals surface area contributed by atoms with E-state index in [2.05, 4.69) is 15.3 Å². The van der Waals surface area contributed by atoms with Crippen LogP contribution in [-0.4, -0.2) is 24.8 Å². The SMILES string of the molecule is COc1ccc2c(c1)NC1N=CN=C(Cl)C21. The van der Waals surface area contributed by atoms with Crippen molar-refractivity contribution in [2.75, 3.05) is 12.4 Å². The number of fused-ring (bicyclic) bond motifs is 3. The van der Waals surface area contributed by atoms with E-state index < -0.39 is 0 Å². The maximum atomic E-state index is 6.11. The Kier molecular flexibility index (Phi) is 2.11. The van der Waals surface area contributed by atoms with Crippen molar-refractivity contribution in [1.29, 1.82) is 0 Å². The molecule has 0 amide bonds. The number of benzene rings is 1. The molecule has 1 aromatic carbocycles. The Labute approximate surface area is 98.0 Å². The van der Waals surface area contributed by atoms with Gasteiger partial charge in [-0.3, -0.25) is 0 Å². The second-order valence-electron chi connectivity index (χ2n) is 3.74. The fourth-order valence-corrected chi connectivity index (χ4v) is 2.37. The van der Waals surface area contributed by atoms with Crippen LogP contribution >= 0.6 is 11.6 Å². The predicted octanol–water partition coefficient (Wildman–Crippen LogP) is 2.21. The lowest BCUT2D eigenvalue weighted by Gasteiger charge is -2.17. The van der Waals surface area contributed by atoms with Crippen LogP contribution in [0.25, 0.3) is 0 Å². The molecule has 0 saturated carbocycles. The summed E-state index contributed by atoms with van der Waals surface area (Å²) >= 11 is 6.11. The molecule has 82 valence electrons. The van der Waals surface area contributed by atoms with E-state index in [9.17, 15) is 0 Å². The molecule has 2 aliphatic rings. The fourth-order valence-electron chi connectivity index (χ4n) is 2.09. The molecule has 5 heteroatoms. The molecule has 0 aromatic heterocycles. The predicted molar refractivity (Wildman–Crippen MR) is 64.9 cm³/mol. The highest BCUT2D eigenvalue weighted by molar-refractivity contribution is 6.67. The zero-order chi connectivity index (χ0) is 11.1. The normalized spacial score (nSPS) is 25.5. The number of hydrogen-bond acceptors (Lipinski definition) is 4. The van der Waals surface area contributed by atoms with E-state index >= 15 is 0 Å². The van der Waals surface area contributed by atoms with E-state index in [4.69, 9.17) is 16.3 Å². The van der Waals surface area contributed by atoms with Crippen molar-refractivity contribution in [3.63, 3.8) is 0 Å². The van der Waals surface area contributed by atoms with E-state index in [1.165, 1.54) is 6.34 Å². The van der Waals surface area contributed by atoms with Crippen molar-refractivity contribution in [3.8, 4) is 5.75 Å². The Morgan fingerprint density at radius 1 is 1.44 bits per heavy atom. The van der Waals surface area contributed by atoms with Gasteiger partial charge in [-0.25, -0.2) is 9.98 Å². The molecular formula is C11H10ClN3O. The molecule has 1 N–H and O–H groups in total. The lowest BCUT2D eigenvalue weighted by atomic mass is 9.99. The second-order valence-corrected chi connectivity index (χ2v) is 4.12. The van der Waals surface area contributed by atoms with Crippen LogP contribution in [0.1, 0.15) is 11.5 Å². The third kappa shape index (κ3) is 1.30. The molecule has 0 saturated heterocycles. The van der Waals surface area contributed by atoms with Crippen molar-refractivity contribution in [1.82, 2.24) is 0 Å². The van der Waals surface area contributed by atoms with E-state index in [0.29, 0.717) is 5.17 Å². The van der Waals surface area contributed by atoms with Gasteiger partial charge in [0.25, 0.3) is 0 Å². The Balaban J connectivity index is 2.07. The average Bonchev–Trinajstić information content (AvgIpc) is 2.67.